The number of hydrogen-bond donors (Lipinski definition) is 1. The molecule has 0 saturated carbocycles. The molecule has 2 aromatic rings. The van der Waals surface area contributed by atoms with E-state index in [2.05, 4.69) is 4.98 Å². The largest absolute Gasteiger partial charge is 0.445 e. The molecule has 1 aliphatic heterocycles. The standard InChI is InChI=1S/C18H20N4O9S2/c1-33(27,28)31-13-6-15(14-10-32-16(20-14)9-29-17(19)23)21(7-13)18(24)30-8-11-2-4-12(5-3-11)22(25)26/h2-5,10,13,15H,6-9H2,1H3,(H2,19,23)/t13-,15-/m1/s1. The maximum atomic E-state index is 12.8. The number of aromatic nitrogens is 1. The van der Waals surface area contributed by atoms with Crippen molar-refractivity contribution in [1.82, 2.24) is 9.88 Å². The molecular weight excluding hydrogens is 480 g/mol. The topological polar surface area (TPSA) is 181 Å². The number of primary amides is 1. The van der Waals surface area contributed by atoms with E-state index >= 15 is 0 Å². The van der Waals surface area contributed by atoms with Crippen molar-refractivity contribution in [2.24, 2.45) is 5.73 Å². The predicted octanol–water partition coefficient (Wildman–Crippen LogP) is 2.08. The molecule has 0 unspecified atom stereocenters. The van der Waals surface area contributed by atoms with Crippen LogP contribution in [0.2, 0.25) is 0 Å². The van der Waals surface area contributed by atoms with Crippen LogP contribution in [0.15, 0.2) is 29.6 Å². The fourth-order valence-electron chi connectivity index (χ4n) is 3.22. The zero-order valence-electron chi connectivity index (χ0n) is 17.3. The third kappa shape index (κ3) is 6.84. The number of benzene rings is 1. The zero-order valence-corrected chi connectivity index (χ0v) is 18.9. The summed E-state index contributed by atoms with van der Waals surface area (Å²) in [5, 5.41) is 12.8. The van der Waals surface area contributed by atoms with Crippen molar-refractivity contribution >= 4 is 39.3 Å². The highest BCUT2D eigenvalue weighted by molar-refractivity contribution is 7.86. The molecule has 0 radical (unpaired) electrons. The number of non-ortho nitro benzene ring substituents is 1. The maximum Gasteiger partial charge on any atom is 0.410 e. The molecule has 15 heteroatoms. The van der Waals surface area contributed by atoms with Crippen LogP contribution in [-0.2, 0) is 37.0 Å². The summed E-state index contributed by atoms with van der Waals surface area (Å²) in [5.74, 6) is 0. The van der Waals surface area contributed by atoms with E-state index in [1.165, 1.54) is 40.5 Å². The molecule has 33 heavy (non-hydrogen) atoms. The first kappa shape index (κ1) is 24.3. The normalized spacial score (nSPS) is 18.2. The number of thiazole rings is 1. The van der Waals surface area contributed by atoms with Crippen LogP contribution in [0.25, 0.3) is 0 Å². The molecular formula is C18H20N4O9S2. The van der Waals surface area contributed by atoms with Gasteiger partial charge in [0.1, 0.15) is 18.2 Å². The molecule has 1 aliphatic rings. The molecule has 0 aliphatic carbocycles. The van der Waals surface area contributed by atoms with Gasteiger partial charge in [-0.25, -0.2) is 14.6 Å². The Hall–Kier alpha value is -3.30. The third-order valence-electron chi connectivity index (χ3n) is 4.57. The molecule has 0 bridgehead atoms. The van der Waals surface area contributed by atoms with Gasteiger partial charge in [0.25, 0.3) is 15.8 Å². The number of nitrogens with two attached hydrogens (primary N) is 1. The lowest BCUT2D eigenvalue weighted by molar-refractivity contribution is -0.384. The lowest BCUT2D eigenvalue weighted by atomic mass is 10.1. The van der Waals surface area contributed by atoms with Crippen LogP contribution in [0.5, 0.6) is 0 Å². The van der Waals surface area contributed by atoms with E-state index < -0.39 is 39.4 Å². The number of nitro groups is 1. The quantitative estimate of drug-likeness (QED) is 0.320. The van der Waals surface area contributed by atoms with Gasteiger partial charge in [0.2, 0.25) is 0 Å². The number of rotatable bonds is 8. The second-order valence-electron chi connectivity index (χ2n) is 7.08. The monoisotopic (exact) mass is 500 g/mol. The summed E-state index contributed by atoms with van der Waals surface area (Å²) in [5.41, 5.74) is 5.85. The van der Waals surface area contributed by atoms with Crippen molar-refractivity contribution < 1.29 is 36.6 Å². The first-order valence-corrected chi connectivity index (χ1v) is 12.1. The van der Waals surface area contributed by atoms with Gasteiger partial charge in [-0.05, 0) is 17.7 Å². The van der Waals surface area contributed by atoms with E-state index in [-0.39, 0.29) is 31.9 Å². The van der Waals surface area contributed by atoms with Gasteiger partial charge in [-0.3, -0.25) is 19.2 Å². The van der Waals surface area contributed by atoms with E-state index in [4.69, 9.17) is 19.4 Å². The smallest absolute Gasteiger partial charge is 0.410 e. The Morgan fingerprint density at radius 1 is 1.27 bits per heavy atom. The predicted molar refractivity (Wildman–Crippen MR) is 114 cm³/mol. The molecule has 0 spiro atoms. The Balaban J connectivity index is 1.72. The van der Waals surface area contributed by atoms with Crippen LogP contribution in [-0.4, -0.2) is 54.3 Å². The van der Waals surface area contributed by atoms with E-state index in [9.17, 15) is 28.1 Å². The number of likely N-dealkylation sites (tertiary alicyclic amines) is 1. The Kier molecular flexibility index (Phi) is 7.45. The van der Waals surface area contributed by atoms with Crippen LogP contribution in [0, 0.1) is 10.1 Å². The van der Waals surface area contributed by atoms with Gasteiger partial charge in [0, 0.05) is 23.9 Å². The summed E-state index contributed by atoms with van der Waals surface area (Å²) in [6.07, 6.45) is -1.42. The number of nitrogens with zero attached hydrogens (tertiary/aromatic N) is 3. The highest BCUT2D eigenvalue weighted by Gasteiger charge is 2.40. The third-order valence-corrected chi connectivity index (χ3v) is 6.03. The van der Waals surface area contributed by atoms with E-state index in [0.717, 1.165) is 6.26 Å². The van der Waals surface area contributed by atoms with Crippen LogP contribution in [0.3, 0.4) is 0 Å². The van der Waals surface area contributed by atoms with Crippen LogP contribution in [0.4, 0.5) is 15.3 Å². The molecule has 2 atom stereocenters. The lowest BCUT2D eigenvalue weighted by Gasteiger charge is -2.22. The number of carbonyl (C=O) groups excluding carboxylic acids is 2. The SMILES string of the molecule is CS(=O)(=O)O[C@@H]1C[C@H](c2csc(COC(N)=O)n2)N(C(=O)OCc2ccc([N+](=O)[O-])cc2)C1. The summed E-state index contributed by atoms with van der Waals surface area (Å²) < 4.78 is 38.2. The fourth-order valence-corrected chi connectivity index (χ4v) is 4.60. The zero-order chi connectivity index (χ0) is 24.2. The average Bonchev–Trinajstić information content (AvgIpc) is 3.36. The minimum Gasteiger partial charge on any atom is -0.445 e. The summed E-state index contributed by atoms with van der Waals surface area (Å²) in [6.45, 7) is -0.339. The lowest BCUT2D eigenvalue weighted by Crippen LogP contribution is -2.33. The van der Waals surface area contributed by atoms with Gasteiger partial charge in [-0.15, -0.1) is 11.3 Å². The molecule has 13 nitrogen and oxygen atoms in total. The second kappa shape index (κ2) is 10.1. The molecule has 2 heterocycles. The minimum absolute atomic E-state index is 0.0541. The van der Waals surface area contributed by atoms with Gasteiger partial charge in [0.15, 0.2) is 0 Å². The van der Waals surface area contributed by atoms with Gasteiger partial charge >= 0.3 is 12.2 Å². The molecule has 2 amide bonds. The summed E-state index contributed by atoms with van der Waals surface area (Å²) >= 11 is 1.18. The molecule has 1 saturated heterocycles. The van der Waals surface area contributed by atoms with Gasteiger partial charge in [0.05, 0.1) is 35.6 Å². The van der Waals surface area contributed by atoms with Crippen molar-refractivity contribution in [2.45, 2.75) is 31.8 Å². The van der Waals surface area contributed by atoms with Crippen molar-refractivity contribution in [3.8, 4) is 0 Å². The molecule has 178 valence electrons. The molecule has 2 N–H and O–H groups in total. The first-order valence-electron chi connectivity index (χ1n) is 9.43. The van der Waals surface area contributed by atoms with Crippen molar-refractivity contribution in [3.05, 3.63) is 56.0 Å². The highest BCUT2D eigenvalue weighted by atomic mass is 32.2. The van der Waals surface area contributed by atoms with Crippen molar-refractivity contribution in [2.75, 3.05) is 12.8 Å². The van der Waals surface area contributed by atoms with E-state index in [1.807, 2.05) is 0 Å². The van der Waals surface area contributed by atoms with Gasteiger partial charge in [-0.1, -0.05) is 0 Å². The number of hydrogen-bond acceptors (Lipinski definition) is 11. The van der Waals surface area contributed by atoms with E-state index in [0.29, 0.717) is 16.3 Å². The van der Waals surface area contributed by atoms with Gasteiger partial charge < -0.3 is 15.2 Å². The Bertz CT molecular complexity index is 1130. The minimum atomic E-state index is -3.76. The summed E-state index contributed by atoms with van der Waals surface area (Å²) in [6, 6.07) is 4.88. The number of carbonyl (C=O) groups is 2. The van der Waals surface area contributed by atoms with Crippen molar-refractivity contribution in [1.29, 1.82) is 0 Å². The second-order valence-corrected chi connectivity index (χ2v) is 9.62. The maximum absolute atomic E-state index is 12.8. The molecule has 1 fully saturated rings. The number of nitro benzene ring substituents is 1. The van der Waals surface area contributed by atoms with Crippen LogP contribution < -0.4 is 5.73 Å². The fraction of sp³-hybridized carbons (Fsp3) is 0.389. The average molecular weight is 501 g/mol. The highest BCUT2D eigenvalue weighted by Crippen LogP contribution is 2.35. The molecule has 3 rings (SSSR count). The number of amides is 2. The summed E-state index contributed by atoms with van der Waals surface area (Å²) in [4.78, 5) is 39.4. The van der Waals surface area contributed by atoms with Crippen LogP contribution >= 0.6 is 11.3 Å². The van der Waals surface area contributed by atoms with E-state index in [1.54, 1.807) is 5.38 Å². The van der Waals surface area contributed by atoms with Gasteiger partial charge in [-0.2, -0.15) is 8.42 Å². The Labute approximate surface area is 192 Å². The Morgan fingerprint density at radius 3 is 2.58 bits per heavy atom. The van der Waals surface area contributed by atoms with Crippen molar-refractivity contribution in [3.63, 3.8) is 0 Å². The number of ether oxygens (including phenoxy) is 2. The first-order chi connectivity index (χ1) is 15.5. The van der Waals surface area contributed by atoms with Crippen LogP contribution in [0.1, 0.15) is 28.7 Å². The Morgan fingerprint density at radius 2 is 1.97 bits per heavy atom. The summed E-state index contributed by atoms with van der Waals surface area (Å²) in [7, 11) is -3.76. The molecule has 1 aromatic carbocycles. The molecule has 1 aromatic heterocycles.